The predicted octanol–water partition coefficient (Wildman–Crippen LogP) is 1.90. The minimum absolute atomic E-state index is 0.0386. The Labute approximate surface area is 89.7 Å². The van der Waals surface area contributed by atoms with Crippen LogP contribution in [-0.4, -0.2) is 21.0 Å². The molecule has 4 nitrogen and oxygen atoms in total. The van der Waals surface area contributed by atoms with Crippen molar-refractivity contribution in [1.82, 2.24) is 9.97 Å². The Bertz CT molecular complexity index is 361. The van der Waals surface area contributed by atoms with Gasteiger partial charge in [0.2, 0.25) is 0 Å². The van der Waals surface area contributed by atoms with Crippen molar-refractivity contribution in [2.75, 3.05) is 0 Å². The Balaban J connectivity index is 3.06. The summed E-state index contributed by atoms with van der Waals surface area (Å²) in [6, 6.07) is 0. The molecule has 84 valence electrons. The van der Waals surface area contributed by atoms with Crippen LogP contribution in [0.2, 0.25) is 0 Å². The van der Waals surface area contributed by atoms with Gasteiger partial charge in [0.05, 0.1) is 5.69 Å². The van der Waals surface area contributed by atoms with Gasteiger partial charge in [0.25, 0.3) is 0 Å². The third-order valence-corrected chi connectivity index (χ3v) is 2.21. The quantitative estimate of drug-likeness (QED) is 0.800. The number of aromatic amines is 1. The second-order valence-corrected chi connectivity index (χ2v) is 4.68. The molecule has 0 atom stereocenters. The SMILES string of the molecule is CCc1[nH]c(CC(=O)O)nc1C(C)(C)C. The van der Waals surface area contributed by atoms with Crippen LogP contribution < -0.4 is 0 Å². The lowest BCUT2D eigenvalue weighted by Crippen LogP contribution is -2.14. The first kappa shape index (κ1) is 11.8. The number of hydrogen-bond donors (Lipinski definition) is 2. The van der Waals surface area contributed by atoms with Crippen LogP contribution in [-0.2, 0) is 23.1 Å². The second-order valence-electron chi connectivity index (χ2n) is 4.68. The van der Waals surface area contributed by atoms with Crippen molar-refractivity contribution >= 4 is 5.97 Å². The molecule has 0 bridgehead atoms. The molecule has 1 heterocycles. The van der Waals surface area contributed by atoms with Gasteiger partial charge in [-0.1, -0.05) is 27.7 Å². The molecule has 1 aromatic heterocycles. The molecule has 1 aromatic rings. The number of carbonyl (C=O) groups is 1. The van der Waals surface area contributed by atoms with E-state index in [1.807, 2.05) is 6.92 Å². The maximum absolute atomic E-state index is 10.6. The van der Waals surface area contributed by atoms with E-state index in [9.17, 15) is 4.79 Å². The van der Waals surface area contributed by atoms with Crippen molar-refractivity contribution in [3.63, 3.8) is 0 Å². The summed E-state index contributed by atoms with van der Waals surface area (Å²) in [7, 11) is 0. The predicted molar refractivity (Wildman–Crippen MR) is 58.0 cm³/mol. The minimum atomic E-state index is -0.855. The number of rotatable bonds is 3. The van der Waals surface area contributed by atoms with Crippen molar-refractivity contribution in [3.05, 3.63) is 17.2 Å². The highest BCUT2D eigenvalue weighted by Gasteiger charge is 2.22. The molecule has 0 radical (unpaired) electrons. The largest absolute Gasteiger partial charge is 0.481 e. The van der Waals surface area contributed by atoms with E-state index in [0.717, 1.165) is 17.8 Å². The summed E-state index contributed by atoms with van der Waals surface area (Å²) in [5, 5.41) is 8.68. The molecule has 2 N–H and O–H groups in total. The fourth-order valence-electron chi connectivity index (χ4n) is 1.57. The van der Waals surface area contributed by atoms with Gasteiger partial charge in [0, 0.05) is 11.1 Å². The molecule has 0 saturated heterocycles. The van der Waals surface area contributed by atoms with Gasteiger partial charge in [-0.05, 0) is 6.42 Å². The lowest BCUT2D eigenvalue weighted by Gasteiger charge is -2.16. The van der Waals surface area contributed by atoms with Crippen LogP contribution in [0.1, 0.15) is 44.9 Å². The van der Waals surface area contributed by atoms with E-state index in [-0.39, 0.29) is 11.8 Å². The first-order valence-electron chi connectivity index (χ1n) is 5.14. The average Bonchev–Trinajstić information content (AvgIpc) is 2.45. The molecule has 1 rings (SSSR count). The number of imidazole rings is 1. The van der Waals surface area contributed by atoms with Crippen molar-refractivity contribution < 1.29 is 9.90 Å². The van der Waals surface area contributed by atoms with Crippen LogP contribution in [0.5, 0.6) is 0 Å². The minimum Gasteiger partial charge on any atom is -0.481 e. The van der Waals surface area contributed by atoms with Gasteiger partial charge in [-0.25, -0.2) is 4.98 Å². The van der Waals surface area contributed by atoms with Gasteiger partial charge in [-0.2, -0.15) is 0 Å². The smallest absolute Gasteiger partial charge is 0.311 e. The van der Waals surface area contributed by atoms with Crippen LogP contribution in [0.15, 0.2) is 0 Å². The highest BCUT2D eigenvalue weighted by Crippen LogP contribution is 2.24. The lowest BCUT2D eigenvalue weighted by molar-refractivity contribution is -0.136. The summed E-state index contributed by atoms with van der Waals surface area (Å²) in [4.78, 5) is 18.0. The van der Waals surface area contributed by atoms with Crippen LogP contribution in [0, 0.1) is 0 Å². The van der Waals surface area contributed by atoms with Gasteiger partial charge in [-0.15, -0.1) is 0 Å². The third-order valence-electron chi connectivity index (χ3n) is 2.21. The number of nitrogens with zero attached hydrogens (tertiary/aromatic N) is 1. The summed E-state index contributed by atoms with van der Waals surface area (Å²) in [6.45, 7) is 8.26. The number of aliphatic carboxylic acids is 1. The van der Waals surface area contributed by atoms with Crippen LogP contribution in [0.25, 0.3) is 0 Å². The summed E-state index contributed by atoms with van der Waals surface area (Å²) >= 11 is 0. The standard InChI is InChI=1S/C11H18N2O2/c1-5-7-10(11(2,3)4)13-8(12-7)6-9(14)15/h5-6H2,1-4H3,(H,12,13)(H,14,15). The lowest BCUT2D eigenvalue weighted by atomic mass is 9.90. The summed E-state index contributed by atoms with van der Waals surface area (Å²) in [6.07, 6.45) is 0.808. The Morgan fingerprint density at radius 3 is 2.40 bits per heavy atom. The van der Waals surface area contributed by atoms with Crippen LogP contribution in [0.3, 0.4) is 0 Å². The molecular weight excluding hydrogens is 192 g/mol. The molecule has 0 aliphatic carbocycles. The highest BCUT2D eigenvalue weighted by atomic mass is 16.4. The van der Waals surface area contributed by atoms with E-state index in [1.54, 1.807) is 0 Å². The van der Waals surface area contributed by atoms with Crippen molar-refractivity contribution in [2.24, 2.45) is 0 Å². The maximum Gasteiger partial charge on any atom is 0.311 e. The van der Waals surface area contributed by atoms with Gasteiger partial charge in [-0.3, -0.25) is 4.79 Å². The molecule has 0 amide bonds. The molecular formula is C11H18N2O2. The number of carboxylic acid groups (broad SMARTS) is 1. The van der Waals surface area contributed by atoms with Crippen LogP contribution in [0.4, 0.5) is 0 Å². The molecule has 0 saturated carbocycles. The Morgan fingerprint density at radius 2 is 2.07 bits per heavy atom. The highest BCUT2D eigenvalue weighted by molar-refractivity contribution is 5.69. The van der Waals surface area contributed by atoms with Gasteiger partial charge in [0.15, 0.2) is 0 Å². The number of carboxylic acids is 1. The van der Waals surface area contributed by atoms with E-state index in [2.05, 4.69) is 30.7 Å². The van der Waals surface area contributed by atoms with Crippen molar-refractivity contribution in [1.29, 1.82) is 0 Å². The van der Waals surface area contributed by atoms with E-state index >= 15 is 0 Å². The molecule has 0 fully saturated rings. The Hall–Kier alpha value is -1.32. The Kier molecular flexibility index (Phi) is 3.17. The fourth-order valence-corrected chi connectivity index (χ4v) is 1.57. The normalized spacial score (nSPS) is 11.7. The van der Waals surface area contributed by atoms with E-state index in [0.29, 0.717) is 5.82 Å². The van der Waals surface area contributed by atoms with E-state index in [1.165, 1.54) is 0 Å². The zero-order chi connectivity index (χ0) is 11.6. The molecule has 0 aromatic carbocycles. The summed E-state index contributed by atoms with van der Waals surface area (Å²) in [5.41, 5.74) is 1.97. The zero-order valence-corrected chi connectivity index (χ0v) is 9.72. The number of aromatic nitrogens is 2. The number of hydrogen-bond acceptors (Lipinski definition) is 2. The molecule has 0 unspecified atom stereocenters. The third kappa shape index (κ3) is 2.81. The summed E-state index contributed by atoms with van der Waals surface area (Å²) < 4.78 is 0. The van der Waals surface area contributed by atoms with E-state index in [4.69, 9.17) is 5.11 Å². The molecule has 15 heavy (non-hydrogen) atoms. The number of nitrogens with one attached hydrogen (secondary N) is 1. The van der Waals surface area contributed by atoms with E-state index < -0.39 is 5.97 Å². The van der Waals surface area contributed by atoms with Crippen LogP contribution >= 0.6 is 0 Å². The average molecular weight is 210 g/mol. The van der Waals surface area contributed by atoms with Gasteiger partial charge >= 0.3 is 5.97 Å². The first-order chi connectivity index (χ1) is 6.84. The molecule has 0 aliphatic rings. The zero-order valence-electron chi connectivity index (χ0n) is 9.72. The topological polar surface area (TPSA) is 66.0 Å². The fraction of sp³-hybridized carbons (Fsp3) is 0.636. The molecule has 4 heteroatoms. The first-order valence-corrected chi connectivity index (χ1v) is 5.14. The van der Waals surface area contributed by atoms with Gasteiger partial charge in [0.1, 0.15) is 12.2 Å². The van der Waals surface area contributed by atoms with Crippen molar-refractivity contribution in [3.8, 4) is 0 Å². The number of H-pyrrole nitrogens is 1. The second kappa shape index (κ2) is 4.04. The monoisotopic (exact) mass is 210 g/mol. The molecule has 0 spiro atoms. The van der Waals surface area contributed by atoms with Crippen molar-refractivity contribution in [2.45, 2.75) is 46.0 Å². The maximum atomic E-state index is 10.6. The molecule has 0 aliphatic heterocycles. The number of aryl methyl sites for hydroxylation is 1. The summed E-state index contributed by atoms with van der Waals surface area (Å²) in [5.74, 6) is -0.309. The van der Waals surface area contributed by atoms with Gasteiger partial charge < -0.3 is 10.1 Å². The Morgan fingerprint density at radius 1 is 1.47 bits per heavy atom.